The van der Waals surface area contributed by atoms with E-state index in [-0.39, 0.29) is 0 Å². The Kier molecular flexibility index (Phi) is 14.9. The fourth-order valence-electron chi connectivity index (χ4n) is 0.353. The van der Waals surface area contributed by atoms with E-state index >= 15 is 0 Å². The molecule has 0 aliphatic carbocycles. The van der Waals surface area contributed by atoms with Crippen LogP contribution in [0.3, 0.4) is 0 Å². The normalized spacial score (nSPS) is 8.67. The van der Waals surface area contributed by atoms with Crippen molar-refractivity contribution in [3.8, 4) is 0 Å². The molecule has 9 heavy (non-hydrogen) atoms. The van der Waals surface area contributed by atoms with Crippen LogP contribution in [-0.2, 0) is 0 Å². The monoisotopic (exact) mass is 149 g/mol. The van der Waals surface area contributed by atoms with Crippen LogP contribution in [0.4, 0.5) is 0 Å². The fourth-order valence-corrected chi connectivity index (χ4v) is 0.482. The third-order valence-corrected chi connectivity index (χ3v) is 0.888. The van der Waals surface area contributed by atoms with Gasteiger partial charge in [0.2, 0.25) is 0 Å². The summed E-state index contributed by atoms with van der Waals surface area (Å²) in [7, 11) is 0. The van der Waals surface area contributed by atoms with E-state index in [1.54, 1.807) is 0 Å². The molecule has 1 N–H and O–H groups in total. The molecule has 0 saturated heterocycles. The maximum absolute atomic E-state index is 4.03. The molecule has 2 heteroatoms. The maximum Gasteiger partial charge on any atom is 0.00420 e. The molecule has 0 aromatic carbocycles. The van der Waals surface area contributed by atoms with Crippen LogP contribution < -0.4 is 5.32 Å². The zero-order valence-electron chi connectivity index (χ0n) is 6.94. The minimum absolute atomic E-state index is 0.604. The third kappa shape index (κ3) is 17.8. The molecule has 0 radical (unpaired) electrons. The first-order valence-electron chi connectivity index (χ1n) is 3.61. The van der Waals surface area contributed by atoms with Crippen LogP contribution in [0.1, 0.15) is 27.7 Å². The van der Waals surface area contributed by atoms with Crippen molar-refractivity contribution in [2.45, 2.75) is 33.7 Å². The number of rotatable bonds is 3. The third-order valence-electron chi connectivity index (χ3n) is 0.664. The number of nitrogens with one attached hydrogen (secondary N) is 1. The highest BCUT2D eigenvalue weighted by atomic mass is 32.1. The number of hydrogen-bond donors (Lipinski definition) is 2. The lowest BCUT2D eigenvalue weighted by atomic mass is 10.4. The van der Waals surface area contributed by atoms with Gasteiger partial charge in [0.25, 0.3) is 0 Å². The molecule has 0 aliphatic rings. The Morgan fingerprint density at radius 2 is 1.78 bits per heavy atom. The molecule has 0 heterocycles. The molecule has 58 valence electrons. The van der Waals surface area contributed by atoms with Crippen LogP contribution in [-0.4, -0.2) is 18.3 Å². The second-order valence-electron chi connectivity index (χ2n) is 1.83. The van der Waals surface area contributed by atoms with E-state index in [4.69, 9.17) is 0 Å². The van der Waals surface area contributed by atoms with E-state index in [2.05, 4.69) is 31.8 Å². The standard InChI is InChI=1S/C5H13NS.C2H6/c1-5(2)6-3-4-7;1-2/h5-7H,3-4H2,1-2H3;1-2H3. The van der Waals surface area contributed by atoms with Crippen LogP contribution in [0.2, 0.25) is 0 Å². The van der Waals surface area contributed by atoms with E-state index in [0.29, 0.717) is 6.04 Å². The zero-order chi connectivity index (χ0) is 7.70. The molecule has 0 bridgehead atoms. The molecule has 0 amide bonds. The van der Waals surface area contributed by atoms with Crippen molar-refractivity contribution >= 4 is 12.6 Å². The summed E-state index contributed by atoms with van der Waals surface area (Å²) in [6.45, 7) is 9.27. The Bertz CT molecular complexity index is 37.9. The van der Waals surface area contributed by atoms with Gasteiger partial charge in [-0.2, -0.15) is 12.6 Å². The van der Waals surface area contributed by atoms with E-state index in [0.717, 1.165) is 12.3 Å². The van der Waals surface area contributed by atoms with Crippen LogP contribution in [0.5, 0.6) is 0 Å². The van der Waals surface area contributed by atoms with Crippen LogP contribution in [0, 0.1) is 0 Å². The maximum atomic E-state index is 4.03. The van der Waals surface area contributed by atoms with Crippen molar-refractivity contribution < 1.29 is 0 Å². The molecular weight excluding hydrogens is 130 g/mol. The molecule has 0 aliphatic heterocycles. The highest BCUT2D eigenvalue weighted by Crippen LogP contribution is 1.75. The molecule has 0 unspecified atom stereocenters. The van der Waals surface area contributed by atoms with Crippen molar-refractivity contribution in [2.75, 3.05) is 12.3 Å². The average molecular weight is 149 g/mol. The summed E-state index contributed by atoms with van der Waals surface area (Å²) in [5, 5.41) is 3.22. The molecule has 0 fully saturated rings. The van der Waals surface area contributed by atoms with Gasteiger partial charge in [-0.05, 0) is 0 Å². The number of thiol groups is 1. The Morgan fingerprint density at radius 1 is 1.33 bits per heavy atom. The van der Waals surface area contributed by atoms with Gasteiger partial charge in [-0.15, -0.1) is 0 Å². The summed E-state index contributed by atoms with van der Waals surface area (Å²) in [6, 6.07) is 0.604. The fraction of sp³-hybridized carbons (Fsp3) is 1.00. The molecule has 0 aromatic rings. The number of hydrogen-bond acceptors (Lipinski definition) is 2. The summed E-state index contributed by atoms with van der Waals surface area (Å²) in [6.07, 6.45) is 0. The van der Waals surface area contributed by atoms with E-state index in [9.17, 15) is 0 Å². The predicted molar refractivity (Wildman–Crippen MR) is 48.3 cm³/mol. The van der Waals surface area contributed by atoms with Gasteiger partial charge < -0.3 is 5.32 Å². The van der Waals surface area contributed by atoms with Crippen molar-refractivity contribution in [1.29, 1.82) is 0 Å². The molecule has 0 saturated carbocycles. The summed E-state index contributed by atoms with van der Waals surface area (Å²) in [5.41, 5.74) is 0. The van der Waals surface area contributed by atoms with Gasteiger partial charge in [-0.3, -0.25) is 0 Å². The summed E-state index contributed by atoms with van der Waals surface area (Å²) >= 11 is 4.03. The van der Waals surface area contributed by atoms with Gasteiger partial charge in [-0.1, -0.05) is 27.7 Å². The minimum Gasteiger partial charge on any atom is -0.314 e. The quantitative estimate of drug-likeness (QED) is 0.584. The van der Waals surface area contributed by atoms with Gasteiger partial charge in [0.1, 0.15) is 0 Å². The first-order valence-corrected chi connectivity index (χ1v) is 4.25. The zero-order valence-corrected chi connectivity index (χ0v) is 7.83. The highest BCUT2D eigenvalue weighted by Gasteiger charge is 1.85. The van der Waals surface area contributed by atoms with E-state index in [1.807, 2.05) is 13.8 Å². The first kappa shape index (κ1) is 12.0. The first-order chi connectivity index (χ1) is 4.27. The molecular formula is C7H19NS. The molecule has 0 aromatic heterocycles. The van der Waals surface area contributed by atoms with Crippen molar-refractivity contribution in [3.63, 3.8) is 0 Å². The van der Waals surface area contributed by atoms with Crippen LogP contribution in [0.15, 0.2) is 0 Å². The Morgan fingerprint density at radius 3 is 1.89 bits per heavy atom. The largest absolute Gasteiger partial charge is 0.314 e. The smallest absolute Gasteiger partial charge is 0.00420 e. The molecule has 0 spiro atoms. The summed E-state index contributed by atoms with van der Waals surface area (Å²) < 4.78 is 0. The van der Waals surface area contributed by atoms with E-state index in [1.165, 1.54) is 0 Å². The Balaban J connectivity index is 0. The van der Waals surface area contributed by atoms with Gasteiger partial charge >= 0.3 is 0 Å². The predicted octanol–water partition coefficient (Wildman–Crippen LogP) is 1.94. The van der Waals surface area contributed by atoms with Crippen LogP contribution >= 0.6 is 12.6 Å². The van der Waals surface area contributed by atoms with Crippen molar-refractivity contribution in [1.82, 2.24) is 5.32 Å². The lowest BCUT2D eigenvalue weighted by Crippen LogP contribution is -2.24. The average Bonchev–Trinajstić information content (AvgIpc) is 1.88. The molecule has 0 atom stereocenters. The molecule has 0 rings (SSSR count). The second-order valence-corrected chi connectivity index (χ2v) is 2.28. The highest BCUT2D eigenvalue weighted by molar-refractivity contribution is 7.80. The summed E-state index contributed by atoms with van der Waals surface area (Å²) in [5.74, 6) is 0.929. The summed E-state index contributed by atoms with van der Waals surface area (Å²) in [4.78, 5) is 0. The SMILES string of the molecule is CC.CC(C)NCCS. The Labute approximate surface area is 64.6 Å². The van der Waals surface area contributed by atoms with Gasteiger partial charge in [0.05, 0.1) is 0 Å². The Hall–Kier alpha value is 0.310. The van der Waals surface area contributed by atoms with Gasteiger partial charge in [0, 0.05) is 18.3 Å². The molecule has 1 nitrogen and oxygen atoms in total. The van der Waals surface area contributed by atoms with Crippen molar-refractivity contribution in [2.24, 2.45) is 0 Å². The lowest BCUT2D eigenvalue weighted by Gasteiger charge is -2.03. The van der Waals surface area contributed by atoms with E-state index < -0.39 is 0 Å². The second kappa shape index (κ2) is 11.2. The van der Waals surface area contributed by atoms with Gasteiger partial charge in [-0.25, -0.2) is 0 Å². The minimum atomic E-state index is 0.604. The topological polar surface area (TPSA) is 12.0 Å². The van der Waals surface area contributed by atoms with Gasteiger partial charge in [0.15, 0.2) is 0 Å². The lowest BCUT2D eigenvalue weighted by molar-refractivity contribution is 0.616. The van der Waals surface area contributed by atoms with Crippen LogP contribution in [0.25, 0.3) is 0 Å². The van der Waals surface area contributed by atoms with Crippen molar-refractivity contribution in [3.05, 3.63) is 0 Å².